The number of benzene rings is 1. The van der Waals surface area contributed by atoms with E-state index in [0.717, 1.165) is 0 Å². The first kappa shape index (κ1) is 17.2. The van der Waals surface area contributed by atoms with Crippen molar-refractivity contribution in [2.75, 3.05) is 7.11 Å². The van der Waals surface area contributed by atoms with Gasteiger partial charge in [0.05, 0.1) is 18.1 Å². The lowest BCUT2D eigenvalue weighted by Crippen LogP contribution is -2.46. The van der Waals surface area contributed by atoms with Crippen LogP contribution in [0.15, 0.2) is 18.2 Å². The molecule has 118 valence electrons. The molecule has 1 aromatic rings. The molecule has 1 unspecified atom stereocenters. The van der Waals surface area contributed by atoms with Crippen LogP contribution in [0.25, 0.3) is 0 Å². The van der Waals surface area contributed by atoms with Crippen LogP contribution >= 0.6 is 0 Å². The molecule has 0 aliphatic heterocycles. The third kappa shape index (κ3) is 4.32. The van der Waals surface area contributed by atoms with E-state index in [4.69, 9.17) is 9.47 Å². The van der Waals surface area contributed by atoms with E-state index in [2.05, 4.69) is 32.6 Å². The van der Waals surface area contributed by atoms with Crippen LogP contribution in [0.1, 0.15) is 34.6 Å². The lowest BCUT2D eigenvalue weighted by molar-refractivity contribution is -0.385. The van der Waals surface area contributed by atoms with Crippen LogP contribution in [0.4, 0.5) is 5.69 Å². The summed E-state index contributed by atoms with van der Waals surface area (Å²) in [5.41, 5.74) is -0.0172. The molecule has 0 radical (unpaired) electrons. The number of rotatable bonds is 7. The van der Waals surface area contributed by atoms with Gasteiger partial charge in [0.15, 0.2) is 11.5 Å². The van der Waals surface area contributed by atoms with E-state index in [1.807, 2.05) is 6.92 Å². The molecule has 0 fully saturated rings. The Morgan fingerprint density at radius 1 is 1.10 bits per heavy atom. The second-order valence-electron chi connectivity index (χ2n) is 5.44. The van der Waals surface area contributed by atoms with Crippen molar-refractivity contribution in [1.29, 1.82) is 0 Å². The minimum atomic E-state index is -0.454. The average Bonchev–Trinajstić information content (AvgIpc) is 2.37. The molecule has 0 N–H and O–H groups in total. The molecule has 6 nitrogen and oxygen atoms in total. The number of methoxy groups -OCH3 is 1. The van der Waals surface area contributed by atoms with Gasteiger partial charge in [0.1, 0.15) is 6.23 Å². The predicted molar refractivity (Wildman–Crippen MR) is 81.8 cm³/mol. The van der Waals surface area contributed by atoms with Gasteiger partial charge in [0.25, 0.3) is 5.69 Å². The van der Waals surface area contributed by atoms with Crippen molar-refractivity contribution in [1.82, 2.24) is 4.90 Å². The molecular weight excluding hydrogens is 272 g/mol. The summed E-state index contributed by atoms with van der Waals surface area (Å²) in [5, 5.41) is 10.8. The Balaban J connectivity index is 2.98. The summed E-state index contributed by atoms with van der Waals surface area (Å²) in [7, 11) is 1.47. The lowest BCUT2D eigenvalue weighted by Gasteiger charge is -2.36. The smallest absolute Gasteiger partial charge is 0.273 e. The summed E-state index contributed by atoms with van der Waals surface area (Å²) in [6.45, 7) is 10.4. The first-order valence-electron chi connectivity index (χ1n) is 7.04. The molecule has 0 saturated carbocycles. The minimum Gasteiger partial charge on any atom is -0.493 e. The molecule has 0 aromatic heterocycles. The van der Waals surface area contributed by atoms with Crippen LogP contribution in [-0.4, -0.2) is 35.2 Å². The molecular formula is C15H24N2O4. The highest BCUT2D eigenvalue weighted by atomic mass is 16.6. The van der Waals surface area contributed by atoms with Crippen molar-refractivity contribution >= 4 is 5.69 Å². The topological polar surface area (TPSA) is 64.8 Å². The maximum absolute atomic E-state index is 10.8. The van der Waals surface area contributed by atoms with Crippen LogP contribution < -0.4 is 9.47 Å². The van der Waals surface area contributed by atoms with Gasteiger partial charge in [-0.25, -0.2) is 0 Å². The maximum atomic E-state index is 10.8. The summed E-state index contributed by atoms with van der Waals surface area (Å²) >= 11 is 0. The fourth-order valence-electron chi connectivity index (χ4n) is 2.55. The van der Waals surface area contributed by atoms with Crippen LogP contribution in [0.3, 0.4) is 0 Å². The van der Waals surface area contributed by atoms with Crippen molar-refractivity contribution < 1.29 is 14.4 Å². The molecule has 0 saturated heterocycles. The summed E-state index contributed by atoms with van der Waals surface area (Å²) in [5.74, 6) is 0.866. The van der Waals surface area contributed by atoms with E-state index in [1.165, 1.54) is 19.2 Å². The van der Waals surface area contributed by atoms with Gasteiger partial charge in [0.2, 0.25) is 0 Å². The zero-order chi connectivity index (χ0) is 16.2. The van der Waals surface area contributed by atoms with E-state index in [9.17, 15) is 10.1 Å². The van der Waals surface area contributed by atoms with E-state index in [-0.39, 0.29) is 11.9 Å². The number of nitro benzene ring substituents is 1. The summed E-state index contributed by atoms with van der Waals surface area (Å²) < 4.78 is 11.1. The third-order valence-electron chi connectivity index (χ3n) is 3.27. The van der Waals surface area contributed by atoms with Gasteiger partial charge < -0.3 is 9.47 Å². The normalized spacial score (nSPS) is 12.8. The fourth-order valence-corrected chi connectivity index (χ4v) is 2.55. The molecule has 0 aliphatic carbocycles. The SMILES string of the molecule is COc1cc([N+](=O)[O-])ccc1OC(C)N(C(C)C)C(C)C. The molecule has 1 aromatic carbocycles. The Morgan fingerprint density at radius 3 is 2.10 bits per heavy atom. The summed E-state index contributed by atoms with van der Waals surface area (Å²) in [6, 6.07) is 5.01. The van der Waals surface area contributed by atoms with Crippen molar-refractivity contribution in [3.05, 3.63) is 28.3 Å². The van der Waals surface area contributed by atoms with Crippen molar-refractivity contribution in [3.8, 4) is 11.5 Å². The summed E-state index contributed by atoms with van der Waals surface area (Å²) in [4.78, 5) is 12.5. The van der Waals surface area contributed by atoms with Gasteiger partial charge >= 0.3 is 0 Å². The monoisotopic (exact) mass is 296 g/mol. The molecule has 6 heteroatoms. The van der Waals surface area contributed by atoms with E-state index < -0.39 is 4.92 Å². The quantitative estimate of drug-likeness (QED) is 0.438. The van der Waals surface area contributed by atoms with Gasteiger partial charge in [-0.15, -0.1) is 0 Å². The molecule has 1 atom stereocenters. The second-order valence-corrected chi connectivity index (χ2v) is 5.44. The van der Waals surface area contributed by atoms with Crippen molar-refractivity contribution in [2.24, 2.45) is 0 Å². The largest absolute Gasteiger partial charge is 0.493 e. The number of hydrogen-bond donors (Lipinski definition) is 0. The van der Waals surface area contributed by atoms with Gasteiger partial charge in [-0.1, -0.05) is 0 Å². The Labute approximate surface area is 125 Å². The van der Waals surface area contributed by atoms with Gasteiger partial charge in [-0.05, 0) is 40.7 Å². The number of nitrogens with zero attached hydrogens (tertiary/aromatic N) is 2. The molecule has 0 spiro atoms. The maximum Gasteiger partial charge on any atom is 0.273 e. The first-order chi connectivity index (χ1) is 9.77. The lowest BCUT2D eigenvalue weighted by atomic mass is 10.2. The van der Waals surface area contributed by atoms with Gasteiger partial charge in [-0.2, -0.15) is 0 Å². The highest BCUT2D eigenvalue weighted by molar-refractivity contribution is 5.48. The highest BCUT2D eigenvalue weighted by Crippen LogP contribution is 2.32. The van der Waals surface area contributed by atoms with Crippen molar-refractivity contribution in [2.45, 2.75) is 52.9 Å². The number of hydrogen-bond acceptors (Lipinski definition) is 5. The molecule has 0 bridgehead atoms. The summed E-state index contributed by atoms with van der Waals surface area (Å²) in [6.07, 6.45) is -0.166. The molecule has 21 heavy (non-hydrogen) atoms. The number of nitro groups is 1. The Kier molecular flexibility index (Phi) is 5.96. The van der Waals surface area contributed by atoms with Crippen LogP contribution in [0.2, 0.25) is 0 Å². The zero-order valence-electron chi connectivity index (χ0n) is 13.5. The van der Waals surface area contributed by atoms with E-state index >= 15 is 0 Å². The second kappa shape index (κ2) is 7.26. The predicted octanol–water partition coefficient (Wildman–Crippen LogP) is 3.45. The highest BCUT2D eigenvalue weighted by Gasteiger charge is 2.23. The molecule has 0 amide bonds. The minimum absolute atomic E-state index is 0.0172. The molecule has 0 heterocycles. The van der Waals surface area contributed by atoms with Crippen molar-refractivity contribution in [3.63, 3.8) is 0 Å². The van der Waals surface area contributed by atoms with E-state index in [1.54, 1.807) is 6.07 Å². The van der Waals surface area contributed by atoms with Crippen LogP contribution in [0.5, 0.6) is 11.5 Å². The third-order valence-corrected chi connectivity index (χ3v) is 3.27. The zero-order valence-corrected chi connectivity index (χ0v) is 13.5. The first-order valence-corrected chi connectivity index (χ1v) is 7.04. The van der Waals surface area contributed by atoms with Gasteiger partial charge in [0, 0.05) is 18.2 Å². The van der Waals surface area contributed by atoms with E-state index in [0.29, 0.717) is 23.6 Å². The fraction of sp³-hybridized carbons (Fsp3) is 0.600. The number of non-ortho nitro benzene ring substituents is 1. The average molecular weight is 296 g/mol. The molecule has 0 aliphatic rings. The standard InChI is InChI=1S/C15H24N2O4/c1-10(2)16(11(3)4)12(5)21-14-8-7-13(17(18)19)9-15(14)20-6/h7-12H,1-6H3. The number of ether oxygens (including phenoxy) is 2. The van der Waals surface area contributed by atoms with Crippen LogP contribution in [-0.2, 0) is 0 Å². The van der Waals surface area contributed by atoms with Gasteiger partial charge in [-0.3, -0.25) is 15.0 Å². The Bertz CT molecular complexity index is 481. The molecule has 1 rings (SSSR count). The van der Waals surface area contributed by atoms with Crippen LogP contribution in [0, 0.1) is 10.1 Å². The Morgan fingerprint density at radius 2 is 1.67 bits per heavy atom. The Hall–Kier alpha value is -1.82.